The van der Waals surface area contributed by atoms with Gasteiger partial charge in [0, 0.05) is 56.3 Å². The minimum atomic E-state index is -0.684. The van der Waals surface area contributed by atoms with Crippen LogP contribution in [0.25, 0.3) is 0 Å². The van der Waals surface area contributed by atoms with E-state index in [2.05, 4.69) is 34.1 Å². The first-order valence-electron chi connectivity index (χ1n) is 15.3. The SMILES string of the molecule is CCN(C(=O)Cc1ccc(F)cc1Cl)C1CCN(C[C@H]2CN([C@H](CC3CCC3)C(=O)O)C[C@@H]2c2ccccc2)CC1. The predicted octanol–water partition coefficient (Wildman–Crippen LogP) is 5.69. The van der Waals surface area contributed by atoms with Crippen LogP contribution in [0.15, 0.2) is 48.5 Å². The Kier molecular flexibility index (Phi) is 9.99. The summed E-state index contributed by atoms with van der Waals surface area (Å²) >= 11 is 6.19. The van der Waals surface area contributed by atoms with Crippen LogP contribution in [0.3, 0.4) is 0 Å². The topological polar surface area (TPSA) is 64.1 Å². The first-order valence-corrected chi connectivity index (χ1v) is 15.7. The van der Waals surface area contributed by atoms with Gasteiger partial charge in [-0.2, -0.15) is 0 Å². The highest BCUT2D eigenvalue weighted by atomic mass is 35.5. The van der Waals surface area contributed by atoms with Crippen molar-refractivity contribution in [3.63, 3.8) is 0 Å². The van der Waals surface area contributed by atoms with Crippen molar-refractivity contribution in [2.45, 2.75) is 69.9 Å². The van der Waals surface area contributed by atoms with E-state index in [1.165, 1.54) is 24.1 Å². The van der Waals surface area contributed by atoms with Crippen LogP contribution in [0.5, 0.6) is 0 Å². The van der Waals surface area contributed by atoms with Crippen LogP contribution in [-0.2, 0) is 16.0 Å². The molecule has 2 aromatic carbocycles. The van der Waals surface area contributed by atoms with E-state index in [9.17, 15) is 19.1 Å². The van der Waals surface area contributed by atoms with Crippen LogP contribution >= 0.6 is 11.6 Å². The van der Waals surface area contributed by atoms with Crippen LogP contribution in [0.2, 0.25) is 5.02 Å². The second kappa shape index (κ2) is 13.7. The lowest BCUT2D eigenvalue weighted by molar-refractivity contribution is -0.144. The van der Waals surface area contributed by atoms with Gasteiger partial charge < -0.3 is 14.9 Å². The summed E-state index contributed by atoms with van der Waals surface area (Å²) in [5.41, 5.74) is 1.95. The van der Waals surface area contributed by atoms with E-state index in [1.54, 1.807) is 6.07 Å². The number of carboxylic acids is 1. The molecule has 1 amide bonds. The second-order valence-electron chi connectivity index (χ2n) is 12.2. The number of halogens is 2. The lowest BCUT2D eigenvalue weighted by Crippen LogP contribution is -2.49. The molecule has 2 saturated heterocycles. The van der Waals surface area contributed by atoms with Crippen molar-refractivity contribution < 1.29 is 19.1 Å². The lowest BCUT2D eigenvalue weighted by atomic mass is 9.80. The Morgan fingerprint density at radius 3 is 2.41 bits per heavy atom. The summed E-state index contributed by atoms with van der Waals surface area (Å²) in [7, 11) is 0. The fraction of sp³-hybridized carbons (Fsp3) is 0.576. The zero-order valence-corrected chi connectivity index (χ0v) is 24.8. The van der Waals surface area contributed by atoms with Crippen LogP contribution in [0, 0.1) is 17.7 Å². The number of likely N-dealkylation sites (tertiary alicyclic amines) is 2. The van der Waals surface area contributed by atoms with Crippen LogP contribution in [0.1, 0.15) is 62.5 Å². The molecule has 0 spiro atoms. The molecule has 0 aromatic heterocycles. The molecule has 0 bridgehead atoms. The number of nitrogens with zero attached hydrogens (tertiary/aromatic N) is 3. The highest BCUT2D eigenvalue weighted by molar-refractivity contribution is 6.31. The van der Waals surface area contributed by atoms with E-state index in [0.29, 0.717) is 34.9 Å². The van der Waals surface area contributed by atoms with E-state index in [0.717, 1.165) is 64.8 Å². The Hall–Kier alpha value is -2.48. The van der Waals surface area contributed by atoms with Gasteiger partial charge >= 0.3 is 5.97 Å². The zero-order chi connectivity index (χ0) is 28.9. The highest BCUT2D eigenvalue weighted by Crippen LogP contribution is 2.38. The van der Waals surface area contributed by atoms with Crippen molar-refractivity contribution in [3.05, 3.63) is 70.5 Å². The number of carbonyl (C=O) groups is 2. The second-order valence-corrected chi connectivity index (χ2v) is 12.6. The van der Waals surface area contributed by atoms with Crippen LogP contribution in [0.4, 0.5) is 4.39 Å². The van der Waals surface area contributed by atoms with E-state index in [-0.39, 0.29) is 18.4 Å². The van der Waals surface area contributed by atoms with Gasteiger partial charge in [0.25, 0.3) is 0 Å². The van der Waals surface area contributed by atoms with E-state index < -0.39 is 17.8 Å². The minimum absolute atomic E-state index is 0.0289. The number of likely N-dealkylation sites (N-methyl/N-ethyl adjacent to an activating group) is 1. The number of rotatable bonds is 11. The van der Waals surface area contributed by atoms with Crippen molar-refractivity contribution in [2.75, 3.05) is 39.3 Å². The number of hydrogen-bond acceptors (Lipinski definition) is 4. The zero-order valence-electron chi connectivity index (χ0n) is 24.1. The van der Waals surface area contributed by atoms with Crippen LogP contribution in [-0.4, -0.2) is 83.0 Å². The standard InChI is InChI=1S/C33H43ClFN3O3/c1-2-38(32(39)18-25-11-12-27(35)19-30(25)34)28-13-15-36(16-14-28)20-26-21-37(22-29(26)24-9-4-3-5-10-24)31(33(40)41)17-23-7-6-8-23/h3-5,9-12,19,23,26,28-29,31H,2,6-8,13-18,20-22H2,1H3,(H,40,41)/t26-,29+,31+/m0/s1. The number of carboxylic acid groups (broad SMARTS) is 1. The molecule has 3 fully saturated rings. The smallest absolute Gasteiger partial charge is 0.320 e. The molecule has 222 valence electrons. The Labute approximate surface area is 248 Å². The van der Waals surface area contributed by atoms with E-state index in [4.69, 9.17) is 11.6 Å². The maximum Gasteiger partial charge on any atom is 0.320 e. The highest BCUT2D eigenvalue weighted by Gasteiger charge is 2.41. The van der Waals surface area contributed by atoms with Gasteiger partial charge in [0.1, 0.15) is 11.9 Å². The number of hydrogen-bond donors (Lipinski definition) is 1. The molecule has 2 heterocycles. The molecule has 2 aromatic rings. The predicted molar refractivity (Wildman–Crippen MR) is 160 cm³/mol. The number of aliphatic carboxylic acids is 1. The molecule has 41 heavy (non-hydrogen) atoms. The van der Waals surface area contributed by atoms with Crippen molar-refractivity contribution in [3.8, 4) is 0 Å². The van der Waals surface area contributed by atoms with Crippen molar-refractivity contribution in [1.29, 1.82) is 0 Å². The normalized spacial score (nSPS) is 23.3. The molecule has 5 rings (SSSR count). The third kappa shape index (κ3) is 7.30. The maximum absolute atomic E-state index is 13.5. The fourth-order valence-corrected chi connectivity index (χ4v) is 7.42. The first kappa shape index (κ1) is 30.0. The summed E-state index contributed by atoms with van der Waals surface area (Å²) in [6, 6.07) is 14.6. The summed E-state index contributed by atoms with van der Waals surface area (Å²) in [5.74, 6) is 0.168. The summed E-state index contributed by atoms with van der Waals surface area (Å²) in [4.78, 5) is 32.2. The fourth-order valence-electron chi connectivity index (χ4n) is 7.19. The van der Waals surface area contributed by atoms with E-state index >= 15 is 0 Å². The first-order chi connectivity index (χ1) is 19.8. The van der Waals surface area contributed by atoms with Crippen LogP contribution < -0.4 is 0 Å². The molecular formula is C33H43ClFN3O3. The average molecular weight is 584 g/mol. The molecule has 1 N–H and O–H groups in total. The molecule has 2 aliphatic heterocycles. The van der Waals surface area contributed by atoms with Gasteiger partial charge in [0.15, 0.2) is 0 Å². The molecule has 1 saturated carbocycles. The summed E-state index contributed by atoms with van der Waals surface area (Å²) < 4.78 is 13.5. The number of piperidine rings is 1. The molecule has 8 heteroatoms. The molecule has 3 atom stereocenters. The molecule has 3 aliphatic rings. The Bertz CT molecular complexity index is 1190. The summed E-state index contributed by atoms with van der Waals surface area (Å²) in [6.45, 7) is 7.00. The van der Waals surface area contributed by atoms with Gasteiger partial charge in [-0.1, -0.05) is 67.3 Å². The molecule has 0 radical (unpaired) electrons. The summed E-state index contributed by atoms with van der Waals surface area (Å²) in [6.07, 6.45) is 6.29. The lowest BCUT2D eigenvalue weighted by Gasteiger charge is -2.39. The number of amides is 1. The minimum Gasteiger partial charge on any atom is -0.480 e. The third-order valence-corrected chi connectivity index (χ3v) is 10.1. The monoisotopic (exact) mass is 583 g/mol. The van der Waals surface area contributed by atoms with Crippen molar-refractivity contribution in [1.82, 2.24) is 14.7 Å². The van der Waals surface area contributed by atoms with Gasteiger partial charge in [0.2, 0.25) is 5.91 Å². The molecule has 6 nitrogen and oxygen atoms in total. The number of carbonyl (C=O) groups excluding carboxylic acids is 1. The quantitative estimate of drug-likeness (QED) is 0.368. The van der Waals surface area contributed by atoms with Crippen molar-refractivity contribution >= 4 is 23.5 Å². The maximum atomic E-state index is 13.5. The molecular weight excluding hydrogens is 541 g/mol. The van der Waals surface area contributed by atoms with Crippen molar-refractivity contribution in [2.24, 2.45) is 11.8 Å². The van der Waals surface area contributed by atoms with E-state index in [1.807, 2.05) is 17.9 Å². The molecule has 1 aliphatic carbocycles. The Balaban J connectivity index is 1.20. The largest absolute Gasteiger partial charge is 0.480 e. The average Bonchev–Trinajstić information content (AvgIpc) is 3.34. The van der Waals surface area contributed by atoms with Gasteiger partial charge in [-0.15, -0.1) is 0 Å². The Morgan fingerprint density at radius 2 is 1.80 bits per heavy atom. The Morgan fingerprint density at radius 1 is 1.07 bits per heavy atom. The number of benzene rings is 2. The summed E-state index contributed by atoms with van der Waals surface area (Å²) in [5, 5.41) is 10.4. The third-order valence-electron chi connectivity index (χ3n) is 9.71. The van der Waals surface area contributed by atoms with Gasteiger partial charge in [-0.3, -0.25) is 14.5 Å². The molecule has 0 unspecified atom stereocenters. The van der Waals surface area contributed by atoms with Gasteiger partial charge in [0.05, 0.1) is 6.42 Å². The van der Waals surface area contributed by atoms with Gasteiger partial charge in [-0.05, 0) is 61.3 Å². The van der Waals surface area contributed by atoms with Gasteiger partial charge in [-0.25, -0.2) is 4.39 Å².